The molecule has 0 unspecified atom stereocenters. The summed E-state index contributed by atoms with van der Waals surface area (Å²) in [4.78, 5) is 23.9. The molecule has 25 heavy (non-hydrogen) atoms. The average Bonchev–Trinajstić information content (AvgIpc) is 2.62. The number of aliphatic hydroxyl groups excluding tert-OH is 4. The number of amides is 3. The lowest BCUT2D eigenvalue weighted by atomic mass is 9.98. The average molecular weight is 356 g/mol. The number of benzene rings is 1. The quantitative estimate of drug-likeness (QED) is 0.359. The summed E-state index contributed by atoms with van der Waals surface area (Å²) in [6.45, 7) is -0.629. The fourth-order valence-corrected chi connectivity index (χ4v) is 2.30. The van der Waals surface area contributed by atoms with Crippen LogP contribution >= 0.6 is 0 Å². The van der Waals surface area contributed by atoms with Gasteiger partial charge in [-0.25, -0.2) is 4.79 Å². The summed E-state index contributed by atoms with van der Waals surface area (Å²) in [5, 5.41) is 42.4. The second-order valence-electron chi connectivity index (χ2n) is 5.41. The van der Waals surface area contributed by atoms with Gasteiger partial charge in [0.2, 0.25) is 0 Å². The maximum Gasteiger partial charge on any atom is 0.323 e. The summed E-state index contributed by atoms with van der Waals surface area (Å²) in [5.41, 5.74) is 0.199. The Hall–Kier alpha value is -2.24. The monoisotopic (exact) mass is 356 g/mol. The highest BCUT2D eigenvalue weighted by Crippen LogP contribution is 2.19. The summed E-state index contributed by atoms with van der Waals surface area (Å²) >= 11 is 0. The zero-order valence-corrected chi connectivity index (χ0v) is 13.3. The Morgan fingerprint density at radius 1 is 1.12 bits per heavy atom. The fourth-order valence-electron chi connectivity index (χ4n) is 2.30. The van der Waals surface area contributed by atoms with Crippen molar-refractivity contribution in [1.82, 2.24) is 10.6 Å². The van der Waals surface area contributed by atoms with Crippen LogP contribution in [0.15, 0.2) is 24.3 Å². The lowest BCUT2D eigenvalue weighted by Gasteiger charge is -2.39. The minimum absolute atomic E-state index is 0.199. The molecule has 10 nitrogen and oxygen atoms in total. The zero-order valence-electron chi connectivity index (χ0n) is 13.3. The maximum absolute atomic E-state index is 12.0. The number of rotatable bonds is 4. The highest BCUT2D eigenvalue weighted by molar-refractivity contribution is 6.04. The van der Waals surface area contributed by atoms with Crippen molar-refractivity contribution < 1.29 is 39.5 Å². The number of carbonyl (C=O) groups is 2. The molecule has 10 heteroatoms. The largest absolute Gasteiger partial charge is 0.497 e. The predicted octanol–water partition coefficient (Wildman–Crippen LogP) is -2.07. The van der Waals surface area contributed by atoms with Crippen LogP contribution in [0.3, 0.4) is 0 Å². The van der Waals surface area contributed by atoms with Crippen LogP contribution in [0, 0.1) is 0 Å². The van der Waals surface area contributed by atoms with Gasteiger partial charge in [0, 0.05) is 5.56 Å². The Morgan fingerprint density at radius 3 is 2.32 bits per heavy atom. The van der Waals surface area contributed by atoms with Crippen molar-refractivity contribution in [3.05, 3.63) is 29.8 Å². The molecule has 0 radical (unpaired) electrons. The van der Waals surface area contributed by atoms with E-state index in [1.165, 1.54) is 19.2 Å². The molecular formula is C15H20N2O8. The molecule has 1 aliphatic heterocycles. The third kappa shape index (κ3) is 4.44. The second kappa shape index (κ2) is 8.23. The number of imide groups is 1. The molecule has 6 N–H and O–H groups in total. The topological polar surface area (TPSA) is 158 Å². The van der Waals surface area contributed by atoms with Crippen LogP contribution in [0.4, 0.5) is 4.79 Å². The molecule has 1 aromatic rings. The van der Waals surface area contributed by atoms with E-state index in [0.717, 1.165) is 0 Å². The van der Waals surface area contributed by atoms with E-state index in [2.05, 4.69) is 5.32 Å². The molecule has 5 atom stereocenters. The van der Waals surface area contributed by atoms with Crippen molar-refractivity contribution >= 4 is 11.9 Å². The van der Waals surface area contributed by atoms with Gasteiger partial charge in [0.1, 0.15) is 30.2 Å². The fraction of sp³-hybridized carbons (Fsp3) is 0.467. The Labute approximate surface area is 143 Å². The smallest absolute Gasteiger partial charge is 0.323 e. The predicted molar refractivity (Wildman–Crippen MR) is 82.8 cm³/mol. The van der Waals surface area contributed by atoms with E-state index in [1.807, 2.05) is 5.32 Å². The van der Waals surface area contributed by atoms with Crippen LogP contribution in [-0.2, 0) is 4.74 Å². The number of hydrogen-bond acceptors (Lipinski definition) is 8. The van der Waals surface area contributed by atoms with E-state index >= 15 is 0 Å². The van der Waals surface area contributed by atoms with Crippen molar-refractivity contribution in [2.24, 2.45) is 0 Å². The van der Waals surface area contributed by atoms with Gasteiger partial charge in [-0.1, -0.05) is 0 Å². The van der Waals surface area contributed by atoms with E-state index in [0.29, 0.717) is 5.75 Å². The number of aliphatic hydroxyl groups is 4. The van der Waals surface area contributed by atoms with Gasteiger partial charge >= 0.3 is 6.03 Å². The minimum Gasteiger partial charge on any atom is -0.497 e. The van der Waals surface area contributed by atoms with Gasteiger partial charge in [0.25, 0.3) is 5.91 Å². The first-order valence-corrected chi connectivity index (χ1v) is 7.43. The standard InChI is InChI=1S/C15H20N2O8/c1-24-8-4-2-7(3-5-8)13(22)16-15(23)17-14-12(21)11(20)10(19)9(6-18)25-14/h2-5,9-12,14,18-21H,6H2,1H3,(H2,16,17,22,23)/t9-,10-,11+,12-,14-/m1/s1. The third-order valence-corrected chi connectivity index (χ3v) is 3.74. The van der Waals surface area contributed by atoms with Crippen LogP contribution < -0.4 is 15.4 Å². The lowest BCUT2D eigenvalue weighted by molar-refractivity contribution is -0.233. The molecule has 0 aliphatic carbocycles. The molecule has 2 rings (SSSR count). The van der Waals surface area contributed by atoms with Crippen molar-refractivity contribution in [2.75, 3.05) is 13.7 Å². The second-order valence-corrected chi connectivity index (χ2v) is 5.41. The van der Waals surface area contributed by atoms with Gasteiger partial charge in [0.15, 0.2) is 6.23 Å². The van der Waals surface area contributed by atoms with Gasteiger partial charge < -0.3 is 35.2 Å². The first-order valence-electron chi connectivity index (χ1n) is 7.43. The highest BCUT2D eigenvalue weighted by Gasteiger charge is 2.44. The van der Waals surface area contributed by atoms with Gasteiger partial charge in [-0.15, -0.1) is 0 Å². The molecule has 1 heterocycles. The van der Waals surface area contributed by atoms with E-state index in [4.69, 9.17) is 14.6 Å². The lowest BCUT2D eigenvalue weighted by Crippen LogP contribution is -2.64. The normalized spacial score (nSPS) is 28.9. The van der Waals surface area contributed by atoms with Crippen LogP contribution in [0.2, 0.25) is 0 Å². The number of methoxy groups -OCH3 is 1. The first kappa shape index (κ1) is 19.1. The van der Waals surface area contributed by atoms with E-state index in [9.17, 15) is 24.9 Å². The maximum atomic E-state index is 12.0. The SMILES string of the molecule is COc1ccc(C(=O)NC(=O)N[C@@H]2O[C@H](CO)[C@@H](O)[C@H](O)[C@H]2O)cc1. The minimum atomic E-state index is -1.64. The summed E-state index contributed by atoms with van der Waals surface area (Å²) in [6.07, 6.45) is -7.39. The van der Waals surface area contributed by atoms with Crippen LogP contribution in [0.25, 0.3) is 0 Å². The Kier molecular flexibility index (Phi) is 6.28. The molecule has 3 amide bonds. The Bertz CT molecular complexity index is 606. The molecule has 0 saturated carbocycles. The van der Waals surface area contributed by atoms with Gasteiger partial charge in [-0.3, -0.25) is 10.1 Å². The van der Waals surface area contributed by atoms with Crippen LogP contribution in [0.1, 0.15) is 10.4 Å². The van der Waals surface area contributed by atoms with Gasteiger partial charge in [-0.05, 0) is 24.3 Å². The molecule has 0 bridgehead atoms. The Morgan fingerprint density at radius 2 is 1.76 bits per heavy atom. The molecule has 0 aromatic heterocycles. The van der Waals surface area contributed by atoms with Gasteiger partial charge in [0.05, 0.1) is 13.7 Å². The van der Waals surface area contributed by atoms with Crippen molar-refractivity contribution in [3.63, 3.8) is 0 Å². The Balaban J connectivity index is 1.95. The van der Waals surface area contributed by atoms with Crippen LogP contribution in [0.5, 0.6) is 5.75 Å². The number of nitrogens with one attached hydrogen (secondary N) is 2. The summed E-state index contributed by atoms with van der Waals surface area (Å²) in [5.74, 6) is -0.160. The first-order chi connectivity index (χ1) is 11.9. The zero-order chi connectivity index (χ0) is 18.6. The molecule has 1 aliphatic rings. The molecule has 138 valence electrons. The molecule has 1 saturated heterocycles. The summed E-state index contributed by atoms with van der Waals surface area (Å²) < 4.78 is 10.1. The van der Waals surface area contributed by atoms with Crippen molar-refractivity contribution in [3.8, 4) is 5.75 Å². The number of urea groups is 1. The summed E-state index contributed by atoms with van der Waals surface area (Å²) in [6, 6.07) is 5.02. The number of ether oxygens (including phenoxy) is 2. The third-order valence-electron chi connectivity index (χ3n) is 3.74. The van der Waals surface area contributed by atoms with E-state index in [-0.39, 0.29) is 5.56 Å². The van der Waals surface area contributed by atoms with Crippen molar-refractivity contribution in [2.45, 2.75) is 30.6 Å². The molecule has 1 aromatic carbocycles. The number of carbonyl (C=O) groups excluding carboxylic acids is 2. The van der Waals surface area contributed by atoms with Gasteiger partial charge in [-0.2, -0.15) is 0 Å². The molecular weight excluding hydrogens is 336 g/mol. The van der Waals surface area contributed by atoms with E-state index < -0.39 is 49.2 Å². The molecule has 0 spiro atoms. The summed E-state index contributed by atoms with van der Waals surface area (Å²) in [7, 11) is 1.48. The van der Waals surface area contributed by atoms with E-state index in [1.54, 1.807) is 12.1 Å². The van der Waals surface area contributed by atoms with Crippen molar-refractivity contribution in [1.29, 1.82) is 0 Å². The van der Waals surface area contributed by atoms with Crippen LogP contribution in [-0.4, -0.2) is 76.7 Å². The highest BCUT2D eigenvalue weighted by atomic mass is 16.6. The molecule has 1 fully saturated rings. The number of hydrogen-bond donors (Lipinski definition) is 6.